The van der Waals surface area contributed by atoms with Crippen molar-refractivity contribution in [2.24, 2.45) is 0 Å². The smallest absolute Gasteiger partial charge is 0.0755 e. The molecule has 3 heterocycles. The molecule has 227 valence electrons. The van der Waals surface area contributed by atoms with E-state index in [1.54, 1.807) is 12.4 Å². The molecule has 7 aromatic rings. The van der Waals surface area contributed by atoms with Crippen molar-refractivity contribution in [2.45, 2.75) is 19.4 Å². The zero-order chi connectivity index (χ0) is 30.1. The van der Waals surface area contributed by atoms with E-state index in [0.717, 1.165) is 56.6 Å². The van der Waals surface area contributed by atoms with Gasteiger partial charge in [-0.3, -0.25) is 0 Å². The van der Waals surface area contributed by atoms with Gasteiger partial charge < -0.3 is 19.3 Å². The van der Waals surface area contributed by atoms with Gasteiger partial charge >= 0.3 is 0 Å². The van der Waals surface area contributed by atoms with E-state index in [-0.39, 0.29) is 20.1 Å². The van der Waals surface area contributed by atoms with Gasteiger partial charge in [-0.25, -0.2) is 0 Å². The van der Waals surface area contributed by atoms with Crippen LogP contribution in [0, 0.1) is 12.1 Å². The molecule has 45 heavy (non-hydrogen) atoms. The van der Waals surface area contributed by atoms with Crippen LogP contribution in [0.15, 0.2) is 137 Å². The van der Waals surface area contributed by atoms with Crippen LogP contribution in [-0.2, 0) is 26.7 Å². The average molecular weight is 896 g/mol. The topological polar surface area (TPSA) is 39.9 Å². The molecule has 0 atom stereocenters. The number of aryl methyl sites for hydroxylation is 1. The molecule has 0 saturated carbocycles. The molecule has 0 fully saturated rings. The van der Waals surface area contributed by atoms with E-state index >= 15 is 0 Å². The number of aromatic nitrogens is 3. The van der Waals surface area contributed by atoms with Gasteiger partial charge in [-0.15, -0.1) is 65.7 Å². The summed E-state index contributed by atoms with van der Waals surface area (Å²) in [6, 6.07) is 44.9. The van der Waals surface area contributed by atoms with Crippen molar-refractivity contribution in [3.05, 3.63) is 149 Å². The second-order valence-electron chi connectivity index (χ2n) is 10.2. The number of pyridine rings is 2. The molecule has 0 aliphatic heterocycles. The number of fused-ring (bicyclic) bond motifs is 3. The Labute approximate surface area is 294 Å². The number of unbranched alkanes of at least 4 members (excludes halogenated alkanes) is 1. The van der Waals surface area contributed by atoms with Crippen LogP contribution in [0.4, 0.5) is 0 Å². The molecule has 0 spiro atoms. The van der Waals surface area contributed by atoms with Crippen LogP contribution >= 0.6 is 31.9 Å². The minimum absolute atomic E-state index is 0. The van der Waals surface area contributed by atoms with Gasteiger partial charge in [-0.1, -0.05) is 56.1 Å². The SMILES string of the molecule is Brc1ccc2c(c1)c1cc(Br)ccc1n2CCCCOc1c[c-]c(-c2ccccn2)cc1.[Ir].[c-]1ccccc1-c1ccccn1. The molecule has 3 aromatic heterocycles. The first-order valence-corrected chi connectivity index (χ1v) is 16.1. The van der Waals surface area contributed by atoms with Crippen molar-refractivity contribution in [1.82, 2.24) is 14.5 Å². The largest absolute Gasteiger partial charge is 0.537 e. The van der Waals surface area contributed by atoms with E-state index in [1.165, 1.54) is 21.8 Å². The minimum Gasteiger partial charge on any atom is -0.537 e. The van der Waals surface area contributed by atoms with Crippen molar-refractivity contribution in [2.75, 3.05) is 6.61 Å². The molecule has 0 aliphatic carbocycles. The molecular weight excluding hydrogens is 866 g/mol. The molecule has 0 unspecified atom stereocenters. The van der Waals surface area contributed by atoms with Gasteiger partial charge in [0.15, 0.2) is 0 Å². The van der Waals surface area contributed by atoms with Gasteiger partial charge in [-0.2, -0.15) is 0 Å². The molecule has 1 radical (unpaired) electrons. The Balaban J connectivity index is 0.000000258. The maximum Gasteiger partial charge on any atom is 0.0755 e. The third-order valence-corrected chi connectivity index (χ3v) is 8.20. The third kappa shape index (κ3) is 8.36. The van der Waals surface area contributed by atoms with Gasteiger partial charge in [0, 0.05) is 75.5 Å². The fraction of sp³-hybridized carbons (Fsp3) is 0.105. The predicted octanol–water partition coefficient (Wildman–Crippen LogP) is 10.6. The van der Waals surface area contributed by atoms with Gasteiger partial charge in [0.05, 0.1) is 6.61 Å². The summed E-state index contributed by atoms with van der Waals surface area (Å²) in [5, 5.41) is 2.55. The fourth-order valence-electron chi connectivity index (χ4n) is 5.11. The zero-order valence-corrected chi connectivity index (χ0v) is 29.9. The van der Waals surface area contributed by atoms with Crippen molar-refractivity contribution < 1.29 is 24.8 Å². The standard InChI is InChI=1S/C27H21Br2N2O.C11H8N.Ir/c28-20-8-12-26-23(17-20)24-18-21(29)9-13-27(24)31(26)15-3-4-16-32-22-10-6-19(7-11-22)25-5-1-2-14-30-25;1-2-6-10(7-3-1)11-8-4-5-9-12-11;/h1-2,5-6,8-14,17-18H,3-4,15-16H2;1-6,8-9H;/q2*-1;. The van der Waals surface area contributed by atoms with Crippen molar-refractivity contribution in [3.8, 4) is 28.3 Å². The average Bonchev–Trinajstić information content (AvgIpc) is 3.38. The Morgan fingerprint density at radius 1 is 0.644 bits per heavy atom. The number of hydrogen-bond donors (Lipinski definition) is 0. The Morgan fingerprint density at radius 3 is 1.80 bits per heavy atom. The first kappa shape index (κ1) is 32.8. The first-order chi connectivity index (χ1) is 21.7. The molecule has 0 saturated heterocycles. The summed E-state index contributed by atoms with van der Waals surface area (Å²) in [6.07, 6.45) is 5.61. The number of benzene rings is 4. The maximum absolute atomic E-state index is 5.95. The van der Waals surface area contributed by atoms with Gasteiger partial charge in [0.1, 0.15) is 0 Å². The van der Waals surface area contributed by atoms with Crippen molar-refractivity contribution >= 4 is 53.7 Å². The second kappa shape index (κ2) is 16.1. The summed E-state index contributed by atoms with van der Waals surface area (Å²) in [6.45, 7) is 1.64. The van der Waals surface area contributed by atoms with Crippen LogP contribution in [-0.4, -0.2) is 21.1 Å². The monoisotopic (exact) mass is 894 g/mol. The summed E-state index contributed by atoms with van der Waals surface area (Å²) in [5.74, 6) is 0.844. The van der Waals surface area contributed by atoms with E-state index in [0.29, 0.717) is 6.61 Å². The van der Waals surface area contributed by atoms with Crippen LogP contribution in [0.2, 0.25) is 0 Å². The minimum atomic E-state index is 0. The molecular formula is C38H29Br2IrN3O-2. The Kier molecular flexibility index (Phi) is 11.7. The summed E-state index contributed by atoms with van der Waals surface area (Å²) >= 11 is 7.23. The Morgan fingerprint density at radius 2 is 1.27 bits per heavy atom. The van der Waals surface area contributed by atoms with Gasteiger partial charge in [0.2, 0.25) is 0 Å². The van der Waals surface area contributed by atoms with Crippen LogP contribution in [0.25, 0.3) is 44.3 Å². The predicted molar refractivity (Wildman–Crippen MR) is 187 cm³/mol. The summed E-state index contributed by atoms with van der Waals surface area (Å²) in [5.41, 5.74) is 6.44. The van der Waals surface area contributed by atoms with E-state index in [4.69, 9.17) is 4.74 Å². The number of ether oxygens (including phenoxy) is 1. The fourth-order valence-corrected chi connectivity index (χ4v) is 5.83. The number of halogens is 2. The third-order valence-electron chi connectivity index (χ3n) is 7.21. The second-order valence-corrected chi connectivity index (χ2v) is 12.0. The molecule has 7 rings (SSSR count). The maximum atomic E-state index is 5.95. The Hall–Kier alpha value is -3.61. The molecule has 0 N–H and O–H groups in total. The van der Waals surface area contributed by atoms with Crippen LogP contribution in [0.5, 0.6) is 5.75 Å². The molecule has 0 bridgehead atoms. The number of rotatable bonds is 8. The molecule has 7 heteroatoms. The first-order valence-electron chi connectivity index (χ1n) is 14.5. The van der Waals surface area contributed by atoms with E-state index in [1.807, 2.05) is 78.9 Å². The molecule has 4 aromatic carbocycles. The van der Waals surface area contributed by atoms with Gasteiger partial charge in [-0.05, 0) is 72.8 Å². The van der Waals surface area contributed by atoms with E-state index in [2.05, 4.69) is 94.9 Å². The summed E-state index contributed by atoms with van der Waals surface area (Å²) in [7, 11) is 0. The van der Waals surface area contributed by atoms with Crippen molar-refractivity contribution in [1.29, 1.82) is 0 Å². The zero-order valence-electron chi connectivity index (χ0n) is 24.3. The van der Waals surface area contributed by atoms with Crippen LogP contribution in [0.1, 0.15) is 12.8 Å². The summed E-state index contributed by atoms with van der Waals surface area (Å²) < 4.78 is 10.6. The number of nitrogens with zero attached hydrogens (tertiary/aromatic N) is 3. The Bertz CT molecular complexity index is 1850. The quantitative estimate of drug-likeness (QED) is 0.113. The van der Waals surface area contributed by atoms with Crippen molar-refractivity contribution in [3.63, 3.8) is 0 Å². The van der Waals surface area contributed by atoms with E-state index < -0.39 is 0 Å². The number of hydrogen-bond acceptors (Lipinski definition) is 3. The van der Waals surface area contributed by atoms with Crippen LogP contribution in [0.3, 0.4) is 0 Å². The molecule has 0 amide bonds. The van der Waals surface area contributed by atoms with Gasteiger partial charge in [0.25, 0.3) is 0 Å². The summed E-state index contributed by atoms with van der Waals surface area (Å²) in [4.78, 5) is 8.58. The van der Waals surface area contributed by atoms with Crippen LogP contribution < -0.4 is 4.74 Å². The molecule has 4 nitrogen and oxygen atoms in total. The normalized spacial score (nSPS) is 10.6. The molecule has 0 aliphatic rings. The van der Waals surface area contributed by atoms with E-state index in [9.17, 15) is 0 Å².